The maximum absolute atomic E-state index is 11.6. The number of amides is 1. The zero-order valence-corrected chi connectivity index (χ0v) is 11.7. The summed E-state index contributed by atoms with van der Waals surface area (Å²) in [4.78, 5) is 11.6. The largest absolute Gasteiger partial charge is 0.300 e. The van der Waals surface area contributed by atoms with E-state index >= 15 is 0 Å². The lowest BCUT2D eigenvalue weighted by molar-refractivity contribution is -0.117. The summed E-state index contributed by atoms with van der Waals surface area (Å²) in [5, 5.41) is 11.3. The Hall–Kier alpha value is -0.620. The topological polar surface area (TPSA) is 54.9 Å². The van der Waals surface area contributed by atoms with E-state index in [0.717, 1.165) is 10.1 Å². The third-order valence-corrected chi connectivity index (χ3v) is 3.47. The van der Waals surface area contributed by atoms with Gasteiger partial charge in [0, 0.05) is 6.42 Å². The molecule has 0 aliphatic heterocycles. The number of rotatable bonds is 4. The number of nitrogens with zero attached hydrogens (tertiary/aromatic N) is 2. The van der Waals surface area contributed by atoms with Crippen molar-refractivity contribution >= 4 is 34.1 Å². The highest BCUT2D eigenvalue weighted by molar-refractivity contribution is 8.01. The van der Waals surface area contributed by atoms with E-state index < -0.39 is 0 Å². The Morgan fingerprint density at radius 1 is 1.44 bits per heavy atom. The number of aromatic nitrogens is 2. The quantitative estimate of drug-likeness (QED) is 0.667. The van der Waals surface area contributed by atoms with Crippen molar-refractivity contribution in [2.75, 3.05) is 11.1 Å². The van der Waals surface area contributed by atoms with E-state index in [1.165, 1.54) is 11.3 Å². The molecule has 0 atom stereocenters. The molecule has 1 aromatic rings. The molecule has 0 saturated carbocycles. The Morgan fingerprint density at radius 2 is 2.12 bits per heavy atom. The molecule has 4 nitrogen and oxygen atoms in total. The van der Waals surface area contributed by atoms with Crippen molar-refractivity contribution < 1.29 is 4.79 Å². The minimum absolute atomic E-state index is 0.00306. The van der Waals surface area contributed by atoms with Gasteiger partial charge in [0.2, 0.25) is 11.0 Å². The molecule has 0 unspecified atom stereocenters. The number of nitrogens with one attached hydrogen (secondary N) is 1. The van der Waals surface area contributed by atoms with Crippen LogP contribution >= 0.6 is 23.1 Å². The summed E-state index contributed by atoms with van der Waals surface area (Å²) >= 11 is 3.05. The molecule has 0 aliphatic rings. The van der Waals surface area contributed by atoms with Crippen molar-refractivity contribution in [3.63, 3.8) is 0 Å². The predicted molar refractivity (Wildman–Crippen MR) is 69.0 cm³/mol. The molecule has 1 amide bonds. The molecule has 0 aromatic carbocycles. The molecule has 0 bridgehead atoms. The third kappa shape index (κ3) is 4.94. The smallest absolute Gasteiger partial charge is 0.226 e. The highest BCUT2D eigenvalue weighted by Gasteiger charge is 2.17. The van der Waals surface area contributed by atoms with Crippen LogP contribution in [0.3, 0.4) is 0 Å². The molecule has 1 heterocycles. The second-order valence-corrected chi connectivity index (χ2v) is 7.08. The van der Waals surface area contributed by atoms with Gasteiger partial charge in [-0.2, -0.15) is 0 Å². The van der Waals surface area contributed by atoms with E-state index in [0.29, 0.717) is 11.6 Å². The van der Waals surface area contributed by atoms with Gasteiger partial charge in [-0.3, -0.25) is 4.79 Å². The lowest BCUT2D eigenvalue weighted by Crippen LogP contribution is -2.19. The molecule has 6 heteroatoms. The Kier molecular flexibility index (Phi) is 4.73. The Labute approximate surface area is 104 Å². The molecular formula is C10H17N3OS2. The number of anilines is 1. The van der Waals surface area contributed by atoms with Crippen LogP contribution in [-0.4, -0.2) is 21.9 Å². The third-order valence-electron chi connectivity index (χ3n) is 1.61. The fourth-order valence-electron chi connectivity index (χ4n) is 1.09. The Morgan fingerprint density at radius 3 is 2.69 bits per heavy atom. The number of thioether (sulfide) groups is 1. The molecule has 0 radical (unpaired) electrons. The van der Waals surface area contributed by atoms with Gasteiger partial charge in [0.25, 0.3) is 0 Å². The van der Waals surface area contributed by atoms with Crippen molar-refractivity contribution in [2.45, 2.75) is 38.5 Å². The maximum atomic E-state index is 11.6. The molecule has 1 rings (SSSR count). The summed E-state index contributed by atoms with van der Waals surface area (Å²) in [6.45, 7) is 8.16. The first-order valence-electron chi connectivity index (χ1n) is 5.17. The summed E-state index contributed by atoms with van der Waals surface area (Å²) < 4.78 is 0.897. The van der Waals surface area contributed by atoms with Crippen LogP contribution in [-0.2, 0) is 4.79 Å². The van der Waals surface area contributed by atoms with Crippen molar-refractivity contribution in [3.8, 4) is 0 Å². The fourth-order valence-corrected chi connectivity index (χ4v) is 2.75. The first-order chi connectivity index (χ1) is 7.40. The van der Waals surface area contributed by atoms with Crippen LogP contribution in [0.2, 0.25) is 0 Å². The summed E-state index contributed by atoms with van der Waals surface area (Å²) in [5.74, 6) is 0.960. The lowest BCUT2D eigenvalue weighted by Gasteiger charge is -2.16. The van der Waals surface area contributed by atoms with E-state index in [1.54, 1.807) is 11.8 Å². The van der Waals surface area contributed by atoms with Crippen molar-refractivity contribution in [2.24, 2.45) is 5.41 Å². The predicted octanol–water partition coefficient (Wildman–Crippen LogP) is 3.02. The molecule has 1 aromatic heterocycles. The first kappa shape index (κ1) is 13.4. The van der Waals surface area contributed by atoms with Crippen molar-refractivity contribution in [1.82, 2.24) is 10.2 Å². The number of hydrogen-bond acceptors (Lipinski definition) is 5. The SMILES string of the molecule is CCSc1nnc(NC(=O)CC(C)(C)C)s1. The fraction of sp³-hybridized carbons (Fsp3) is 0.700. The average molecular weight is 259 g/mol. The number of hydrogen-bond donors (Lipinski definition) is 1. The van der Waals surface area contributed by atoms with Gasteiger partial charge in [-0.25, -0.2) is 0 Å². The van der Waals surface area contributed by atoms with Gasteiger partial charge in [0.05, 0.1) is 0 Å². The molecule has 90 valence electrons. The monoisotopic (exact) mass is 259 g/mol. The Balaban J connectivity index is 2.50. The molecule has 0 spiro atoms. The van der Waals surface area contributed by atoms with Crippen LogP contribution in [0.1, 0.15) is 34.1 Å². The minimum Gasteiger partial charge on any atom is -0.300 e. The van der Waals surface area contributed by atoms with Gasteiger partial charge in [0.1, 0.15) is 0 Å². The van der Waals surface area contributed by atoms with Crippen LogP contribution in [0.25, 0.3) is 0 Å². The summed E-state index contributed by atoms with van der Waals surface area (Å²) in [6, 6.07) is 0. The molecule has 1 N–H and O–H groups in total. The molecule has 0 saturated heterocycles. The normalized spacial score (nSPS) is 11.5. The number of carbonyl (C=O) groups excluding carboxylic acids is 1. The van der Waals surface area contributed by atoms with Crippen molar-refractivity contribution in [1.29, 1.82) is 0 Å². The second kappa shape index (κ2) is 5.63. The molecule has 0 aliphatic carbocycles. The zero-order chi connectivity index (χ0) is 12.2. The highest BCUT2D eigenvalue weighted by Crippen LogP contribution is 2.26. The summed E-state index contributed by atoms with van der Waals surface area (Å²) in [5.41, 5.74) is -0.00420. The average Bonchev–Trinajstić information content (AvgIpc) is 2.49. The van der Waals surface area contributed by atoms with Crippen LogP contribution in [0.15, 0.2) is 4.34 Å². The Bertz CT molecular complexity index is 357. The highest BCUT2D eigenvalue weighted by atomic mass is 32.2. The van der Waals surface area contributed by atoms with Gasteiger partial charge in [-0.1, -0.05) is 50.8 Å². The zero-order valence-electron chi connectivity index (χ0n) is 10.0. The molecular weight excluding hydrogens is 242 g/mol. The van der Waals surface area contributed by atoms with E-state index in [-0.39, 0.29) is 11.3 Å². The van der Waals surface area contributed by atoms with E-state index in [1.807, 2.05) is 20.8 Å². The van der Waals surface area contributed by atoms with Crippen LogP contribution < -0.4 is 5.32 Å². The van der Waals surface area contributed by atoms with Crippen LogP contribution in [0.5, 0.6) is 0 Å². The van der Waals surface area contributed by atoms with E-state index in [2.05, 4.69) is 22.4 Å². The lowest BCUT2D eigenvalue weighted by atomic mass is 9.92. The summed E-state index contributed by atoms with van der Waals surface area (Å²) in [7, 11) is 0. The van der Waals surface area contributed by atoms with Gasteiger partial charge >= 0.3 is 0 Å². The van der Waals surface area contributed by atoms with Gasteiger partial charge in [0.15, 0.2) is 4.34 Å². The molecule has 0 fully saturated rings. The van der Waals surface area contributed by atoms with Crippen molar-refractivity contribution in [3.05, 3.63) is 0 Å². The second-order valence-electron chi connectivity index (χ2n) is 4.59. The van der Waals surface area contributed by atoms with Gasteiger partial charge in [-0.15, -0.1) is 10.2 Å². The van der Waals surface area contributed by atoms with Crippen LogP contribution in [0, 0.1) is 5.41 Å². The van der Waals surface area contributed by atoms with Gasteiger partial charge in [-0.05, 0) is 11.2 Å². The van der Waals surface area contributed by atoms with E-state index in [4.69, 9.17) is 0 Å². The van der Waals surface area contributed by atoms with Crippen LogP contribution in [0.4, 0.5) is 5.13 Å². The van der Waals surface area contributed by atoms with Gasteiger partial charge < -0.3 is 5.32 Å². The standard InChI is InChI=1S/C10H17N3OS2/c1-5-15-9-13-12-8(16-9)11-7(14)6-10(2,3)4/h5-6H2,1-4H3,(H,11,12,14). The number of carbonyl (C=O) groups is 1. The maximum Gasteiger partial charge on any atom is 0.226 e. The minimum atomic E-state index is -0.00420. The first-order valence-corrected chi connectivity index (χ1v) is 6.97. The molecule has 16 heavy (non-hydrogen) atoms. The van der Waals surface area contributed by atoms with E-state index in [9.17, 15) is 4.79 Å². The summed E-state index contributed by atoms with van der Waals surface area (Å²) in [6.07, 6.45) is 0.489.